The largest absolute Gasteiger partial charge is 0.345 e. The molecule has 0 unspecified atom stereocenters. The van der Waals surface area contributed by atoms with Crippen molar-refractivity contribution in [1.29, 1.82) is 0 Å². The van der Waals surface area contributed by atoms with E-state index in [1.807, 2.05) is 18.7 Å². The van der Waals surface area contributed by atoms with E-state index in [2.05, 4.69) is 5.32 Å². The minimum absolute atomic E-state index is 0.0270. The van der Waals surface area contributed by atoms with E-state index in [0.717, 1.165) is 13.1 Å². The Morgan fingerprint density at radius 2 is 2.00 bits per heavy atom. The number of rotatable bonds is 4. The first kappa shape index (κ1) is 14.8. The number of nitrogens with one attached hydrogen (secondary N) is 1. The van der Waals surface area contributed by atoms with E-state index in [0.29, 0.717) is 26.2 Å². The van der Waals surface area contributed by atoms with Crippen molar-refractivity contribution in [1.82, 2.24) is 20.0 Å². The first-order valence-electron chi connectivity index (χ1n) is 7.14. The van der Waals surface area contributed by atoms with E-state index in [9.17, 15) is 14.4 Å². The quantitative estimate of drug-likeness (QED) is 0.681. The number of hydrogen-bond donors (Lipinski definition) is 1. The zero-order chi connectivity index (χ0) is 14.7. The maximum absolute atomic E-state index is 12.2. The van der Waals surface area contributed by atoms with Crippen molar-refractivity contribution < 1.29 is 14.4 Å². The summed E-state index contributed by atoms with van der Waals surface area (Å²) >= 11 is 0. The van der Waals surface area contributed by atoms with Crippen LogP contribution in [0.1, 0.15) is 13.8 Å². The summed E-state index contributed by atoms with van der Waals surface area (Å²) in [5, 5.41) is 2.58. The van der Waals surface area contributed by atoms with Crippen molar-refractivity contribution in [3.05, 3.63) is 0 Å². The van der Waals surface area contributed by atoms with Crippen LogP contribution in [0.5, 0.6) is 0 Å². The lowest BCUT2D eigenvalue weighted by Crippen LogP contribution is -2.67. The molecule has 0 aromatic rings. The molecule has 2 fully saturated rings. The van der Waals surface area contributed by atoms with E-state index in [1.165, 1.54) is 0 Å². The molecular weight excluding hydrogens is 260 g/mol. The average molecular weight is 282 g/mol. The summed E-state index contributed by atoms with van der Waals surface area (Å²) < 4.78 is 0. The highest BCUT2D eigenvalue weighted by Gasteiger charge is 2.39. The number of carbonyl (C=O) groups excluding carboxylic acids is 3. The maximum Gasteiger partial charge on any atom is 0.245 e. The first-order chi connectivity index (χ1) is 9.56. The number of likely N-dealkylation sites (N-methyl/N-ethyl adjacent to an activating group) is 1. The van der Waals surface area contributed by atoms with Gasteiger partial charge in [-0.2, -0.15) is 0 Å². The second-order valence-corrected chi connectivity index (χ2v) is 5.12. The molecule has 0 spiro atoms. The SMILES string of the molecule is CCN(CC)CC(=O)N1CCN2C(=O)CNC(=O)[C@H]2C1. The van der Waals surface area contributed by atoms with Crippen LogP contribution < -0.4 is 5.32 Å². The van der Waals surface area contributed by atoms with E-state index in [4.69, 9.17) is 0 Å². The van der Waals surface area contributed by atoms with Gasteiger partial charge in [-0.3, -0.25) is 19.3 Å². The number of amides is 3. The topological polar surface area (TPSA) is 73.0 Å². The number of hydrogen-bond acceptors (Lipinski definition) is 4. The van der Waals surface area contributed by atoms with Crippen LogP contribution >= 0.6 is 0 Å². The Morgan fingerprint density at radius 3 is 2.65 bits per heavy atom. The Kier molecular flexibility index (Phi) is 4.59. The second-order valence-electron chi connectivity index (χ2n) is 5.12. The summed E-state index contributed by atoms with van der Waals surface area (Å²) in [4.78, 5) is 41.1. The molecule has 2 rings (SSSR count). The second kappa shape index (κ2) is 6.21. The van der Waals surface area contributed by atoms with Gasteiger partial charge >= 0.3 is 0 Å². The van der Waals surface area contributed by atoms with E-state index in [-0.39, 0.29) is 24.3 Å². The lowest BCUT2D eigenvalue weighted by molar-refractivity contribution is -0.152. The molecular formula is C13H22N4O3. The Balaban J connectivity index is 1.97. The molecule has 0 aromatic carbocycles. The third-order valence-electron chi connectivity index (χ3n) is 4.02. The molecule has 0 saturated carbocycles. The van der Waals surface area contributed by atoms with Crippen LogP contribution in [0.2, 0.25) is 0 Å². The minimum atomic E-state index is -0.523. The highest BCUT2D eigenvalue weighted by molar-refractivity contribution is 5.95. The van der Waals surface area contributed by atoms with E-state index >= 15 is 0 Å². The third-order valence-corrected chi connectivity index (χ3v) is 4.02. The van der Waals surface area contributed by atoms with Gasteiger partial charge in [0.1, 0.15) is 6.04 Å². The van der Waals surface area contributed by atoms with Crippen LogP contribution in [0.25, 0.3) is 0 Å². The molecule has 2 aliphatic heterocycles. The third kappa shape index (κ3) is 2.92. The lowest BCUT2D eigenvalue weighted by Gasteiger charge is -2.43. The fourth-order valence-corrected chi connectivity index (χ4v) is 2.65. The Labute approximate surface area is 118 Å². The normalized spacial score (nSPS) is 22.9. The maximum atomic E-state index is 12.2. The van der Waals surface area contributed by atoms with Gasteiger partial charge in [0.2, 0.25) is 17.7 Å². The summed E-state index contributed by atoms with van der Waals surface area (Å²) in [5.74, 6) is -0.199. The Bertz CT molecular complexity index is 408. The molecule has 0 aromatic heterocycles. The fraction of sp³-hybridized carbons (Fsp3) is 0.769. The van der Waals surface area contributed by atoms with Gasteiger partial charge in [0.15, 0.2) is 0 Å². The summed E-state index contributed by atoms with van der Waals surface area (Å²) in [7, 11) is 0. The monoisotopic (exact) mass is 282 g/mol. The number of nitrogens with zero attached hydrogens (tertiary/aromatic N) is 3. The molecule has 0 radical (unpaired) electrons. The van der Waals surface area contributed by atoms with Crippen molar-refractivity contribution in [2.75, 3.05) is 45.8 Å². The molecule has 2 heterocycles. The summed E-state index contributed by atoms with van der Waals surface area (Å²) in [5.41, 5.74) is 0. The van der Waals surface area contributed by atoms with Gasteiger partial charge in [0.25, 0.3) is 0 Å². The zero-order valence-corrected chi connectivity index (χ0v) is 12.1. The molecule has 0 aliphatic carbocycles. The standard InChI is InChI=1S/C13H22N4O3/c1-3-15(4-2)9-12(19)16-5-6-17-10(8-16)13(20)14-7-11(17)18/h10H,3-9H2,1-2H3,(H,14,20)/t10-/m1/s1. The minimum Gasteiger partial charge on any atom is -0.345 e. The van der Waals surface area contributed by atoms with Crippen LogP contribution in [-0.2, 0) is 14.4 Å². The average Bonchev–Trinajstić information content (AvgIpc) is 2.48. The molecule has 1 N–H and O–H groups in total. The molecule has 112 valence electrons. The molecule has 2 aliphatic rings. The van der Waals surface area contributed by atoms with Gasteiger partial charge in [0, 0.05) is 13.1 Å². The molecule has 1 atom stereocenters. The van der Waals surface area contributed by atoms with Crippen LogP contribution in [0, 0.1) is 0 Å². The smallest absolute Gasteiger partial charge is 0.245 e. The highest BCUT2D eigenvalue weighted by Crippen LogP contribution is 2.13. The molecule has 2 saturated heterocycles. The Morgan fingerprint density at radius 1 is 1.30 bits per heavy atom. The van der Waals surface area contributed by atoms with Crippen LogP contribution in [0.4, 0.5) is 0 Å². The fourth-order valence-electron chi connectivity index (χ4n) is 2.65. The van der Waals surface area contributed by atoms with Crippen molar-refractivity contribution in [2.45, 2.75) is 19.9 Å². The first-order valence-corrected chi connectivity index (χ1v) is 7.14. The summed E-state index contributed by atoms with van der Waals surface area (Å²) in [6.45, 7) is 7.38. The summed E-state index contributed by atoms with van der Waals surface area (Å²) in [6.07, 6.45) is 0. The zero-order valence-electron chi connectivity index (χ0n) is 12.1. The van der Waals surface area contributed by atoms with Gasteiger partial charge in [-0.25, -0.2) is 0 Å². The predicted molar refractivity (Wildman–Crippen MR) is 72.9 cm³/mol. The molecule has 7 heteroatoms. The lowest BCUT2D eigenvalue weighted by atomic mass is 10.1. The highest BCUT2D eigenvalue weighted by atomic mass is 16.2. The number of piperazine rings is 2. The van der Waals surface area contributed by atoms with Gasteiger partial charge in [-0.05, 0) is 13.1 Å². The Hall–Kier alpha value is -1.63. The van der Waals surface area contributed by atoms with Crippen LogP contribution in [-0.4, -0.2) is 84.3 Å². The van der Waals surface area contributed by atoms with E-state index in [1.54, 1.807) is 9.80 Å². The van der Waals surface area contributed by atoms with Gasteiger partial charge in [0.05, 0.1) is 19.6 Å². The van der Waals surface area contributed by atoms with Crippen molar-refractivity contribution in [3.63, 3.8) is 0 Å². The van der Waals surface area contributed by atoms with Crippen LogP contribution in [0.3, 0.4) is 0 Å². The van der Waals surface area contributed by atoms with Crippen molar-refractivity contribution in [2.24, 2.45) is 0 Å². The molecule has 3 amide bonds. The molecule has 20 heavy (non-hydrogen) atoms. The summed E-state index contributed by atoms with van der Waals surface area (Å²) in [6, 6.07) is -0.523. The molecule has 0 bridgehead atoms. The number of fused-ring (bicyclic) bond motifs is 1. The van der Waals surface area contributed by atoms with E-state index < -0.39 is 6.04 Å². The predicted octanol–water partition coefficient (Wildman–Crippen LogP) is -1.50. The van der Waals surface area contributed by atoms with Gasteiger partial charge in [-0.1, -0.05) is 13.8 Å². The van der Waals surface area contributed by atoms with Crippen LogP contribution in [0.15, 0.2) is 0 Å². The van der Waals surface area contributed by atoms with Crippen molar-refractivity contribution in [3.8, 4) is 0 Å². The van der Waals surface area contributed by atoms with Gasteiger partial charge < -0.3 is 15.1 Å². The number of carbonyl (C=O) groups is 3. The molecule has 7 nitrogen and oxygen atoms in total. The van der Waals surface area contributed by atoms with Gasteiger partial charge in [-0.15, -0.1) is 0 Å². The van der Waals surface area contributed by atoms with Crippen molar-refractivity contribution >= 4 is 17.7 Å².